The first-order valence-corrected chi connectivity index (χ1v) is 5.89. The molecule has 1 saturated heterocycles. The first kappa shape index (κ1) is 13.7. The molecule has 1 aliphatic rings. The highest BCUT2D eigenvalue weighted by Gasteiger charge is 2.23. The van der Waals surface area contributed by atoms with Gasteiger partial charge in [-0.05, 0) is 6.07 Å². The van der Waals surface area contributed by atoms with Gasteiger partial charge >= 0.3 is 0 Å². The summed E-state index contributed by atoms with van der Waals surface area (Å²) in [6.07, 6.45) is 0.969. The number of hydrogen-bond donors (Lipinski definition) is 1. The number of ether oxygens (including phenoxy) is 1. The van der Waals surface area contributed by atoms with Crippen LogP contribution in [-0.4, -0.2) is 47.1 Å². The van der Waals surface area contributed by atoms with Crippen molar-refractivity contribution in [1.82, 2.24) is 15.4 Å². The third kappa shape index (κ3) is 3.37. The Hall–Kier alpha value is -1.77. The van der Waals surface area contributed by atoms with E-state index >= 15 is 0 Å². The lowest BCUT2D eigenvalue weighted by Gasteiger charge is -2.26. The average Bonchev–Trinajstić information content (AvgIpc) is 2.39. The average molecular weight is 287 g/mol. The number of hydrogen-bond acceptors (Lipinski definition) is 6. The standard InChI is InChI=1S/C10H11ClN4O4/c11-9-5-7(8(6-12-9)15(17)18)10(16)13-14-1-3-19-4-2-14/h5-6H,1-4H2,(H,13,16). The summed E-state index contributed by atoms with van der Waals surface area (Å²) in [5, 5.41) is 12.5. The number of rotatable bonds is 3. The summed E-state index contributed by atoms with van der Waals surface area (Å²) in [5.74, 6) is -0.585. The topological polar surface area (TPSA) is 97.6 Å². The summed E-state index contributed by atoms with van der Waals surface area (Å²) >= 11 is 5.66. The molecule has 0 aliphatic carbocycles. The zero-order valence-corrected chi connectivity index (χ0v) is 10.6. The smallest absolute Gasteiger partial charge is 0.300 e. The minimum Gasteiger partial charge on any atom is -0.379 e. The molecular formula is C10H11ClN4O4. The number of carbonyl (C=O) groups excluding carboxylic acids is 1. The molecule has 1 amide bonds. The maximum atomic E-state index is 12.0. The van der Waals surface area contributed by atoms with Crippen LogP contribution in [0.4, 0.5) is 5.69 Å². The number of nitro groups is 1. The zero-order valence-electron chi connectivity index (χ0n) is 9.84. The van der Waals surface area contributed by atoms with E-state index in [1.165, 1.54) is 6.07 Å². The Balaban J connectivity index is 2.17. The maximum absolute atomic E-state index is 12.0. The van der Waals surface area contributed by atoms with E-state index in [0.717, 1.165) is 6.20 Å². The zero-order chi connectivity index (χ0) is 13.8. The molecule has 0 spiro atoms. The Kier molecular flexibility index (Phi) is 4.25. The van der Waals surface area contributed by atoms with Crippen molar-refractivity contribution in [1.29, 1.82) is 0 Å². The van der Waals surface area contributed by atoms with Gasteiger partial charge in [0, 0.05) is 13.1 Å². The molecule has 9 heteroatoms. The van der Waals surface area contributed by atoms with Crippen LogP contribution in [-0.2, 0) is 4.74 Å². The molecule has 0 unspecified atom stereocenters. The molecule has 2 rings (SSSR count). The molecule has 1 aromatic rings. The quantitative estimate of drug-likeness (QED) is 0.497. The largest absolute Gasteiger partial charge is 0.379 e. The lowest BCUT2D eigenvalue weighted by atomic mass is 10.2. The first-order chi connectivity index (χ1) is 9.08. The summed E-state index contributed by atoms with van der Waals surface area (Å²) in [6.45, 7) is 2.05. The fourth-order valence-corrected chi connectivity index (χ4v) is 1.79. The molecule has 1 aliphatic heterocycles. The van der Waals surface area contributed by atoms with Gasteiger partial charge in [0.25, 0.3) is 11.6 Å². The summed E-state index contributed by atoms with van der Waals surface area (Å²) in [6, 6.07) is 1.18. The van der Waals surface area contributed by atoms with Crippen LogP contribution in [0.5, 0.6) is 0 Å². The van der Waals surface area contributed by atoms with Gasteiger partial charge in [0.2, 0.25) is 0 Å². The van der Waals surface area contributed by atoms with Crippen molar-refractivity contribution in [3.05, 3.63) is 33.1 Å². The monoisotopic (exact) mass is 286 g/mol. The molecule has 1 N–H and O–H groups in total. The molecule has 19 heavy (non-hydrogen) atoms. The van der Waals surface area contributed by atoms with Crippen LogP contribution in [0.1, 0.15) is 10.4 Å². The van der Waals surface area contributed by atoms with E-state index < -0.39 is 10.8 Å². The second-order valence-electron chi connectivity index (χ2n) is 3.82. The first-order valence-electron chi connectivity index (χ1n) is 5.51. The lowest BCUT2D eigenvalue weighted by Crippen LogP contribution is -2.48. The Morgan fingerprint density at radius 1 is 1.53 bits per heavy atom. The highest BCUT2D eigenvalue weighted by Crippen LogP contribution is 2.20. The van der Waals surface area contributed by atoms with Gasteiger partial charge < -0.3 is 4.74 Å². The molecule has 2 heterocycles. The molecule has 0 bridgehead atoms. The summed E-state index contributed by atoms with van der Waals surface area (Å²) in [4.78, 5) is 25.8. The van der Waals surface area contributed by atoms with Gasteiger partial charge in [0.05, 0.1) is 18.1 Å². The van der Waals surface area contributed by atoms with Crippen molar-refractivity contribution < 1.29 is 14.5 Å². The van der Waals surface area contributed by atoms with Gasteiger partial charge in [-0.1, -0.05) is 11.6 Å². The van der Waals surface area contributed by atoms with Crippen LogP contribution >= 0.6 is 11.6 Å². The van der Waals surface area contributed by atoms with Gasteiger partial charge in [-0.15, -0.1) is 0 Å². The van der Waals surface area contributed by atoms with Crippen LogP contribution < -0.4 is 5.43 Å². The molecular weight excluding hydrogens is 276 g/mol. The molecule has 1 aromatic heterocycles. The number of carbonyl (C=O) groups is 1. The molecule has 0 atom stereocenters. The van der Waals surface area contributed by atoms with Gasteiger partial charge in [0.15, 0.2) is 0 Å². The molecule has 102 valence electrons. The number of amides is 1. The van der Waals surface area contributed by atoms with E-state index in [2.05, 4.69) is 10.4 Å². The van der Waals surface area contributed by atoms with Crippen molar-refractivity contribution >= 4 is 23.2 Å². The van der Waals surface area contributed by atoms with E-state index in [1.807, 2.05) is 0 Å². The fourth-order valence-electron chi connectivity index (χ4n) is 1.63. The SMILES string of the molecule is O=C(NN1CCOCC1)c1cc(Cl)ncc1[N+](=O)[O-]. The minimum atomic E-state index is -0.669. The van der Waals surface area contributed by atoms with Crippen LogP contribution in [0, 0.1) is 10.1 Å². The second-order valence-corrected chi connectivity index (χ2v) is 4.21. The molecule has 0 saturated carbocycles. The summed E-state index contributed by atoms with van der Waals surface area (Å²) < 4.78 is 5.14. The summed E-state index contributed by atoms with van der Waals surface area (Å²) in [7, 11) is 0. The van der Waals surface area contributed by atoms with Crippen molar-refractivity contribution in [3.8, 4) is 0 Å². The molecule has 8 nitrogen and oxygen atoms in total. The minimum absolute atomic E-state index is 0.0257. The van der Waals surface area contributed by atoms with Crippen molar-refractivity contribution in [3.63, 3.8) is 0 Å². The molecule has 1 fully saturated rings. The van der Waals surface area contributed by atoms with E-state index in [9.17, 15) is 14.9 Å². The van der Waals surface area contributed by atoms with Gasteiger partial charge in [-0.3, -0.25) is 20.3 Å². The van der Waals surface area contributed by atoms with Crippen LogP contribution in [0.3, 0.4) is 0 Å². The van der Waals surface area contributed by atoms with Gasteiger partial charge in [-0.25, -0.2) is 9.99 Å². The van der Waals surface area contributed by atoms with Crippen molar-refractivity contribution in [2.24, 2.45) is 0 Å². The number of nitrogens with one attached hydrogen (secondary N) is 1. The fraction of sp³-hybridized carbons (Fsp3) is 0.400. The number of pyridine rings is 1. The number of aromatic nitrogens is 1. The Morgan fingerprint density at radius 3 is 2.84 bits per heavy atom. The third-order valence-corrected chi connectivity index (χ3v) is 2.77. The Bertz CT molecular complexity index is 504. The van der Waals surface area contributed by atoms with E-state index in [-0.39, 0.29) is 16.4 Å². The lowest BCUT2D eigenvalue weighted by molar-refractivity contribution is -0.385. The van der Waals surface area contributed by atoms with Gasteiger partial charge in [-0.2, -0.15) is 0 Å². The second kappa shape index (κ2) is 5.91. The highest BCUT2D eigenvalue weighted by atomic mass is 35.5. The number of morpholine rings is 1. The molecule has 0 aromatic carbocycles. The van der Waals surface area contributed by atoms with Crippen LogP contribution in [0.15, 0.2) is 12.3 Å². The molecule has 0 radical (unpaired) electrons. The van der Waals surface area contributed by atoms with Crippen molar-refractivity contribution in [2.75, 3.05) is 26.3 Å². The highest BCUT2D eigenvalue weighted by molar-refractivity contribution is 6.29. The van der Waals surface area contributed by atoms with Crippen LogP contribution in [0.25, 0.3) is 0 Å². The predicted molar refractivity (Wildman–Crippen MR) is 65.8 cm³/mol. The van der Waals surface area contributed by atoms with Gasteiger partial charge in [0.1, 0.15) is 16.9 Å². The van der Waals surface area contributed by atoms with E-state index in [4.69, 9.17) is 16.3 Å². The van der Waals surface area contributed by atoms with Crippen molar-refractivity contribution in [2.45, 2.75) is 0 Å². The third-order valence-electron chi connectivity index (χ3n) is 2.56. The van der Waals surface area contributed by atoms with E-state index in [0.29, 0.717) is 26.3 Å². The Labute approximate surface area is 113 Å². The normalized spacial score (nSPS) is 16.1. The predicted octanol–water partition coefficient (Wildman–Crippen LogP) is 0.620. The Morgan fingerprint density at radius 2 is 2.21 bits per heavy atom. The number of halogens is 1. The summed E-state index contributed by atoms with van der Waals surface area (Å²) in [5.41, 5.74) is 2.09. The maximum Gasteiger partial charge on any atom is 0.300 e. The van der Waals surface area contributed by atoms with Crippen LogP contribution in [0.2, 0.25) is 5.15 Å². The number of hydrazine groups is 1. The number of nitrogens with zero attached hydrogens (tertiary/aromatic N) is 3. The van der Waals surface area contributed by atoms with E-state index in [1.54, 1.807) is 5.01 Å².